The van der Waals surface area contributed by atoms with Crippen LogP contribution in [0.3, 0.4) is 0 Å². The molecule has 0 aliphatic rings. The summed E-state index contributed by atoms with van der Waals surface area (Å²) in [4.78, 5) is 21.4. The first-order valence-electron chi connectivity index (χ1n) is 4.24. The fraction of sp³-hybridized carbons (Fsp3) is 0.750. The first-order valence-corrected chi connectivity index (χ1v) is 4.24. The summed E-state index contributed by atoms with van der Waals surface area (Å²) in [6.07, 6.45) is 1.91. The van der Waals surface area contributed by atoms with Gasteiger partial charge in [-0.2, -0.15) is 0 Å². The number of hydrogen-bond acceptors (Lipinski definition) is 3. The highest BCUT2D eigenvalue weighted by atomic mass is 16.4. The van der Waals surface area contributed by atoms with Crippen LogP contribution >= 0.6 is 0 Å². The van der Waals surface area contributed by atoms with Crippen LogP contribution in [0.2, 0.25) is 0 Å². The van der Waals surface area contributed by atoms with Crippen molar-refractivity contribution in [2.75, 3.05) is 6.61 Å². The summed E-state index contributed by atoms with van der Waals surface area (Å²) in [5.41, 5.74) is 0. The normalized spacial score (nSPS) is 12.2. The molecule has 0 aromatic carbocycles. The third-order valence-electron chi connectivity index (χ3n) is 1.57. The van der Waals surface area contributed by atoms with Crippen LogP contribution in [-0.2, 0) is 9.59 Å². The molecule has 13 heavy (non-hydrogen) atoms. The first-order chi connectivity index (χ1) is 6.11. The van der Waals surface area contributed by atoms with Crippen molar-refractivity contribution in [3.63, 3.8) is 0 Å². The van der Waals surface area contributed by atoms with Crippen molar-refractivity contribution in [2.45, 2.75) is 32.2 Å². The SMILES string of the molecule is CCCCC(=O)NC(CO)C(=O)O. The van der Waals surface area contributed by atoms with Gasteiger partial charge in [-0.05, 0) is 6.42 Å². The van der Waals surface area contributed by atoms with E-state index in [-0.39, 0.29) is 5.91 Å². The monoisotopic (exact) mass is 189 g/mol. The molecule has 0 aromatic heterocycles. The Labute approximate surface area is 76.8 Å². The molecule has 0 aliphatic carbocycles. The molecular formula is C8H15NO4. The highest BCUT2D eigenvalue weighted by molar-refractivity contribution is 5.83. The molecule has 0 bridgehead atoms. The number of aliphatic hydroxyl groups is 1. The van der Waals surface area contributed by atoms with Gasteiger partial charge in [-0.15, -0.1) is 0 Å². The van der Waals surface area contributed by atoms with Crippen LogP contribution in [0.5, 0.6) is 0 Å². The van der Waals surface area contributed by atoms with Gasteiger partial charge in [0.1, 0.15) is 6.04 Å². The van der Waals surface area contributed by atoms with E-state index in [1.807, 2.05) is 6.92 Å². The Morgan fingerprint density at radius 1 is 1.46 bits per heavy atom. The minimum Gasteiger partial charge on any atom is -0.480 e. The Hall–Kier alpha value is -1.10. The Kier molecular flexibility index (Phi) is 5.88. The zero-order valence-electron chi connectivity index (χ0n) is 7.62. The molecule has 0 aromatic rings. The standard InChI is InChI=1S/C8H15NO4/c1-2-3-4-7(11)9-6(5-10)8(12)13/h6,10H,2-5H2,1H3,(H,9,11)(H,12,13). The number of carboxylic acids is 1. The van der Waals surface area contributed by atoms with Crippen LogP contribution in [0.15, 0.2) is 0 Å². The van der Waals surface area contributed by atoms with Crippen molar-refractivity contribution < 1.29 is 19.8 Å². The molecule has 0 saturated carbocycles. The lowest BCUT2D eigenvalue weighted by Gasteiger charge is -2.10. The predicted octanol–water partition coefficient (Wildman–Crippen LogP) is -0.262. The minimum absolute atomic E-state index is 0.306. The van der Waals surface area contributed by atoms with Crippen molar-refractivity contribution in [2.24, 2.45) is 0 Å². The number of aliphatic carboxylic acids is 1. The number of unbranched alkanes of at least 4 members (excludes halogenated alkanes) is 1. The second-order valence-electron chi connectivity index (χ2n) is 2.74. The summed E-state index contributed by atoms with van der Waals surface area (Å²) in [7, 11) is 0. The highest BCUT2D eigenvalue weighted by Crippen LogP contribution is 1.94. The maximum Gasteiger partial charge on any atom is 0.328 e. The Morgan fingerprint density at radius 3 is 2.46 bits per heavy atom. The van der Waals surface area contributed by atoms with Gasteiger partial charge in [0.05, 0.1) is 6.61 Å². The number of rotatable bonds is 6. The van der Waals surface area contributed by atoms with Crippen molar-refractivity contribution in [3.05, 3.63) is 0 Å². The van der Waals surface area contributed by atoms with Gasteiger partial charge >= 0.3 is 5.97 Å². The van der Waals surface area contributed by atoms with E-state index in [9.17, 15) is 9.59 Å². The van der Waals surface area contributed by atoms with Gasteiger partial charge in [-0.25, -0.2) is 4.79 Å². The molecule has 1 unspecified atom stereocenters. The number of carboxylic acid groups (broad SMARTS) is 1. The Balaban J connectivity index is 3.80. The average Bonchev–Trinajstić information content (AvgIpc) is 2.10. The molecule has 5 heteroatoms. The van der Waals surface area contributed by atoms with Gasteiger partial charge < -0.3 is 15.5 Å². The highest BCUT2D eigenvalue weighted by Gasteiger charge is 2.17. The molecular weight excluding hydrogens is 174 g/mol. The maximum atomic E-state index is 11.0. The van der Waals surface area contributed by atoms with Crippen molar-refractivity contribution in [1.82, 2.24) is 5.32 Å². The summed E-state index contributed by atoms with van der Waals surface area (Å²) in [5, 5.41) is 19.3. The average molecular weight is 189 g/mol. The zero-order valence-corrected chi connectivity index (χ0v) is 7.62. The van der Waals surface area contributed by atoms with Gasteiger partial charge in [0.15, 0.2) is 0 Å². The number of nitrogens with one attached hydrogen (secondary N) is 1. The lowest BCUT2D eigenvalue weighted by Crippen LogP contribution is -2.43. The summed E-state index contributed by atoms with van der Waals surface area (Å²) < 4.78 is 0. The van der Waals surface area contributed by atoms with Gasteiger partial charge in [0.25, 0.3) is 0 Å². The number of carbonyl (C=O) groups excluding carboxylic acids is 1. The maximum absolute atomic E-state index is 11.0. The quantitative estimate of drug-likeness (QED) is 0.537. The second-order valence-corrected chi connectivity index (χ2v) is 2.74. The van der Waals surface area contributed by atoms with Crippen LogP contribution in [0, 0.1) is 0 Å². The topological polar surface area (TPSA) is 86.6 Å². The minimum atomic E-state index is -1.22. The molecule has 0 heterocycles. The largest absolute Gasteiger partial charge is 0.480 e. The van der Waals surface area contributed by atoms with Crippen LogP contribution in [0.1, 0.15) is 26.2 Å². The molecule has 3 N–H and O–H groups in total. The summed E-state index contributed by atoms with van der Waals surface area (Å²) >= 11 is 0. The van der Waals surface area contributed by atoms with E-state index in [0.29, 0.717) is 6.42 Å². The second kappa shape index (κ2) is 6.42. The molecule has 0 spiro atoms. The smallest absolute Gasteiger partial charge is 0.328 e. The molecule has 76 valence electrons. The van der Waals surface area contributed by atoms with Crippen molar-refractivity contribution in [3.8, 4) is 0 Å². The first kappa shape index (κ1) is 11.9. The van der Waals surface area contributed by atoms with Crippen molar-refractivity contribution >= 4 is 11.9 Å². The van der Waals surface area contributed by atoms with Crippen molar-refractivity contribution in [1.29, 1.82) is 0 Å². The van der Waals surface area contributed by atoms with E-state index < -0.39 is 18.6 Å². The molecule has 0 fully saturated rings. The van der Waals surface area contributed by atoms with Gasteiger partial charge in [0.2, 0.25) is 5.91 Å². The van der Waals surface area contributed by atoms with E-state index in [1.165, 1.54) is 0 Å². The molecule has 0 saturated heterocycles. The summed E-state index contributed by atoms with van der Waals surface area (Å²) in [6, 6.07) is -1.18. The van der Waals surface area contributed by atoms with Crippen LogP contribution in [-0.4, -0.2) is 34.7 Å². The lowest BCUT2D eigenvalue weighted by atomic mass is 10.2. The van der Waals surface area contributed by atoms with Crippen LogP contribution < -0.4 is 5.32 Å². The van der Waals surface area contributed by atoms with E-state index in [1.54, 1.807) is 0 Å². The number of amides is 1. The predicted molar refractivity (Wildman–Crippen MR) is 46.2 cm³/mol. The zero-order chi connectivity index (χ0) is 10.3. The van der Waals surface area contributed by atoms with E-state index >= 15 is 0 Å². The lowest BCUT2D eigenvalue weighted by molar-refractivity contribution is -0.142. The molecule has 1 amide bonds. The number of carbonyl (C=O) groups is 2. The summed E-state index contributed by atoms with van der Waals surface area (Å²) in [6.45, 7) is 1.36. The van der Waals surface area contributed by atoms with E-state index in [4.69, 9.17) is 10.2 Å². The number of aliphatic hydroxyl groups excluding tert-OH is 1. The fourth-order valence-corrected chi connectivity index (χ4v) is 0.789. The van der Waals surface area contributed by atoms with Crippen LogP contribution in [0.4, 0.5) is 0 Å². The van der Waals surface area contributed by atoms with Crippen LogP contribution in [0.25, 0.3) is 0 Å². The van der Waals surface area contributed by atoms with Gasteiger partial charge in [0, 0.05) is 6.42 Å². The molecule has 1 atom stereocenters. The Bertz CT molecular complexity index is 181. The van der Waals surface area contributed by atoms with Gasteiger partial charge in [-0.3, -0.25) is 4.79 Å². The Morgan fingerprint density at radius 2 is 2.08 bits per heavy atom. The van der Waals surface area contributed by atoms with Gasteiger partial charge in [-0.1, -0.05) is 13.3 Å². The van der Waals surface area contributed by atoms with E-state index in [2.05, 4.69) is 5.32 Å². The number of hydrogen-bond donors (Lipinski definition) is 3. The molecule has 0 radical (unpaired) electrons. The third kappa shape index (κ3) is 5.19. The molecule has 5 nitrogen and oxygen atoms in total. The molecule has 0 rings (SSSR count). The van der Waals surface area contributed by atoms with E-state index in [0.717, 1.165) is 12.8 Å². The fourth-order valence-electron chi connectivity index (χ4n) is 0.789. The summed E-state index contributed by atoms with van der Waals surface area (Å²) in [5.74, 6) is -1.55. The third-order valence-corrected chi connectivity index (χ3v) is 1.57. The molecule has 0 aliphatic heterocycles.